The fourth-order valence-corrected chi connectivity index (χ4v) is 2.20. The zero-order chi connectivity index (χ0) is 16.4. The Kier molecular flexibility index (Phi) is 3.80. The van der Waals surface area contributed by atoms with Crippen molar-refractivity contribution in [1.29, 1.82) is 0 Å². The van der Waals surface area contributed by atoms with Crippen molar-refractivity contribution in [3.8, 4) is 0 Å². The maximum atomic E-state index is 13.1. The summed E-state index contributed by atoms with van der Waals surface area (Å²) >= 11 is 0. The van der Waals surface area contributed by atoms with Gasteiger partial charge in [-0.15, -0.1) is 0 Å². The van der Waals surface area contributed by atoms with Gasteiger partial charge in [-0.1, -0.05) is 18.2 Å². The SMILES string of the molecule is O=[N+]([O-])c1cccc2nc(/C=C/c3ccc(F)c(F)c3)ccc12. The number of non-ortho nitro benzene ring substituents is 1. The van der Waals surface area contributed by atoms with E-state index in [1.807, 2.05) is 0 Å². The average Bonchev–Trinajstić information content (AvgIpc) is 2.55. The largest absolute Gasteiger partial charge is 0.278 e. The van der Waals surface area contributed by atoms with E-state index in [1.54, 1.807) is 36.4 Å². The first-order chi connectivity index (χ1) is 11.0. The van der Waals surface area contributed by atoms with Crippen molar-refractivity contribution in [1.82, 2.24) is 4.98 Å². The molecule has 3 rings (SSSR count). The van der Waals surface area contributed by atoms with Gasteiger partial charge in [0.25, 0.3) is 5.69 Å². The van der Waals surface area contributed by atoms with Crippen LogP contribution in [0.1, 0.15) is 11.3 Å². The standard InChI is InChI=1S/C17H10F2N2O2/c18-14-9-5-11(10-15(14)19)4-6-12-7-8-13-16(20-12)2-1-3-17(13)21(22)23/h1-10H/b6-4+. The molecule has 0 saturated heterocycles. The highest BCUT2D eigenvalue weighted by Gasteiger charge is 2.11. The topological polar surface area (TPSA) is 56.0 Å². The van der Waals surface area contributed by atoms with Crippen LogP contribution in [-0.2, 0) is 0 Å². The molecule has 0 aliphatic heterocycles. The van der Waals surface area contributed by atoms with E-state index in [0.29, 0.717) is 22.2 Å². The molecule has 0 fully saturated rings. The lowest BCUT2D eigenvalue weighted by atomic mass is 10.1. The number of aromatic nitrogens is 1. The van der Waals surface area contributed by atoms with Crippen LogP contribution in [-0.4, -0.2) is 9.91 Å². The number of pyridine rings is 1. The second kappa shape index (κ2) is 5.92. The summed E-state index contributed by atoms with van der Waals surface area (Å²) in [6.45, 7) is 0. The third-order valence-electron chi connectivity index (χ3n) is 3.32. The summed E-state index contributed by atoms with van der Waals surface area (Å²) in [5, 5.41) is 11.4. The van der Waals surface area contributed by atoms with Crippen molar-refractivity contribution in [3.63, 3.8) is 0 Å². The van der Waals surface area contributed by atoms with Crippen LogP contribution < -0.4 is 0 Å². The van der Waals surface area contributed by atoms with Crippen molar-refractivity contribution >= 4 is 28.7 Å². The lowest BCUT2D eigenvalue weighted by Gasteiger charge is -2.00. The Labute approximate surface area is 129 Å². The zero-order valence-electron chi connectivity index (χ0n) is 11.7. The molecule has 114 valence electrons. The van der Waals surface area contributed by atoms with Crippen molar-refractivity contribution in [2.75, 3.05) is 0 Å². The molecule has 0 aliphatic rings. The fraction of sp³-hybridized carbons (Fsp3) is 0. The molecule has 0 saturated carbocycles. The van der Waals surface area contributed by atoms with E-state index in [-0.39, 0.29) is 5.69 Å². The summed E-state index contributed by atoms with van der Waals surface area (Å²) in [7, 11) is 0. The molecule has 0 unspecified atom stereocenters. The molecule has 0 amide bonds. The number of halogens is 2. The highest BCUT2D eigenvalue weighted by Crippen LogP contribution is 2.24. The first kappa shape index (κ1) is 14.8. The second-order valence-corrected chi connectivity index (χ2v) is 4.84. The lowest BCUT2D eigenvalue weighted by molar-refractivity contribution is -0.383. The van der Waals surface area contributed by atoms with Gasteiger partial charge in [-0.3, -0.25) is 10.1 Å². The van der Waals surface area contributed by atoms with E-state index < -0.39 is 16.6 Å². The monoisotopic (exact) mass is 312 g/mol. The van der Waals surface area contributed by atoms with E-state index in [1.165, 1.54) is 12.1 Å². The number of benzene rings is 2. The van der Waals surface area contributed by atoms with Crippen molar-refractivity contribution in [2.45, 2.75) is 0 Å². The number of nitro groups is 1. The van der Waals surface area contributed by atoms with Crippen molar-refractivity contribution in [2.24, 2.45) is 0 Å². The highest BCUT2D eigenvalue weighted by atomic mass is 19.2. The van der Waals surface area contributed by atoms with Gasteiger partial charge >= 0.3 is 0 Å². The van der Waals surface area contributed by atoms with Crippen molar-refractivity contribution in [3.05, 3.63) is 81.5 Å². The summed E-state index contributed by atoms with van der Waals surface area (Å²) in [6, 6.07) is 11.5. The van der Waals surface area contributed by atoms with Gasteiger partial charge in [0.05, 0.1) is 21.5 Å². The minimum absolute atomic E-state index is 0.00821. The molecule has 1 aromatic heterocycles. The van der Waals surface area contributed by atoms with Gasteiger partial charge in [0, 0.05) is 6.07 Å². The molecule has 4 nitrogen and oxygen atoms in total. The van der Waals surface area contributed by atoms with Crippen molar-refractivity contribution < 1.29 is 13.7 Å². The number of nitrogens with zero attached hydrogens (tertiary/aromatic N) is 2. The van der Waals surface area contributed by atoms with Crippen LogP contribution in [0.3, 0.4) is 0 Å². The van der Waals surface area contributed by atoms with Gasteiger partial charge in [0.15, 0.2) is 11.6 Å². The van der Waals surface area contributed by atoms with E-state index in [0.717, 1.165) is 12.1 Å². The van der Waals surface area contributed by atoms with E-state index in [4.69, 9.17) is 0 Å². The molecule has 6 heteroatoms. The van der Waals surface area contributed by atoms with Crippen LogP contribution >= 0.6 is 0 Å². The molecule has 1 heterocycles. The highest BCUT2D eigenvalue weighted by molar-refractivity contribution is 5.88. The molecule has 0 N–H and O–H groups in total. The van der Waals surface area contributed by atoms with Crippen LogP contribution in [0, 0.1) is 21.7 Å². The quantitative estimate of drug-likeness (QED) is 0.525. The number of nitro benzene ring substituents is 1. The lowest BCUT2D eigenvalue weighted by Crippen LogP contribution is -1.91. The Hall–Kier alpha value is -3.15. The molecule has 0 bridgehead atoms. The predicted octanol–water partition coefficient (Wildman–Crippen LogP) is 4.59. The first-order valence-electron chi connectivity index (χ1n) is 6.72. The van der Waals surface area contributed by atoms with E-state index >= 15 is 0 Å². The van der Waals surface area contributed by atoms with E-state index in [2.05, 4.69) is 4.98 Å². The molecular weight excluding hydrogens is 302 g/mol. The number of hydrogen-bond acceptors (Lipinski definition) is 3. The maximum Gasteiger partial charge on any atom is 0.278 e. The van der Waals surface area contributed by atoms with Gasteiger partial charge in [0.2, 0.25) is 0 Å². The smallest absolute Gasteiger partial charge is 0.258 e. The summed E-state index contributed by atoms with van der Waals surface area (Å²) in [5.41, 5.74) is 1.53. The third kappa shape index (κ3) is 3.06. The van der Waals surface area contributed by atoms with Gasteiger partial charge in [-0.05, 0) is 42.0 Å². The molecule has 3 aromatic rings. The fourth-order valence-electron chi connectivity index (χ4n) is 2.20. The minimum atomic E-state index is -0.922. The summed E-state index contributed by atoms with van der Waals surface area (Å²) < 4.78 is 26.0. The Morgan fingerprint density at radius 1 is 1.00 bits per heavy atom. The molecule has 2 aromatic carbocycles. The van der Waals surface area contributed by atoms with Crippen LogP contribution in [0.15, 0.2) is 48.5 Å². The molecule has 0 aliphatic carbocycles. The minimum Gasteiger partial charge on any atom is -0.258 e. The molecule has 0 spiro atoms. The first-order valence-corrected chi connectivity index (χ1v) is 6.72. The number of fused-ring (bicyclic) bond motifs is 1. The van der Waals surface area contributed by atoms with Gasteiger partial charge in [-0.25, -0.2) is 13.8 Å². The van der Waals surface area contributed by atoms with Crippen LogP contribution in [0.25, 0.3) is 23.1 Å². The summed E-state index contributed by atoms with van der Waals surface area (Å²) in [5.74, 6) is -1.83. The Bertz CT molecular complexity index is 939. The number of hydrogen-bond donors (Lipinski definition) is 0. The molecular formula is C17H10F2N2O2. The normalized spacial score (nSPS) is 11.2. The molecule has 23 heavy (non-hydrogen) atoms. The Morgan fingerprint density at radius 3 is 2.57 bits per heavy atom. The third-order valence-corrected chi connectivity index (χ3v) is 3.32. The van der Waals surface area contributed by atoms with E-state index in [9.17, 15) is 18.9 Å². The van der Waals surface area contributed by atoms with Crippen LogP contribution in [0.5, 0.6) is 0 Å². The second-order valence-electron chi connectivity index (χ2n) is 4.84. The molecule has 0 radical (unpaired) electrons. The summed E-state index contributed by atoms with van der Waals surface area (Å²) in [4.78, 5) is 14.8. The summed E-state index contributed by atoms with van der Waals surface area (Å²) in [6.07, 6.45) is 3.22. The number of rotatable bonds is 3. The Morgan fingerprint density at radius 2 is 1.83 bits per heavy atom. The zero-order valence-corrected chi connectivity index (χ0v) is 11.7. The average molecular weight is 312 g/mol. The van der Waals surface area contributed by atoms with Crippen LogP contribution in [0.2, 0.25) is 0 Å². The van der Waals surface area contributed by atoms with Gasteiger partial charge in [0.1, 0.15) is 0 Å². The maximum absolute atomic E-state index is 13.1. The van der Waals surface area contributed by atoms with Gasteiger partial charge < -0.3 is 0 Å². The van der Waals surface area contributed by atoms with Crippen LogP contribution in [0.4, 0.5) is 14.5 Å². The Balaban J connectivity index is 1.96. The predicted molar refractivity (Wildman–Crippen MR) is 83.7 cm³/mol. The molecule has 0 atom stereocenters. The van der Waals surface area contributed by atoms with Gasteiger partial charge in [-0.2, -0.15) is 0 Å².